The third kappa shape index (κ3) is 1.93. The molecule has 3 rings (SSSR count). The van der Waals surface area contributed by atoms with Crippen molar-refractivity contribution in [3.05, 3.63) is 41.9 Å². The molecule has 0 aliphatic carbocycles. The first-order chi connectivity index (χ1) is 9.15. The van der Waals surface area contributed by atoms with Crippen LogP contribution in [-0.4, -0.2) is 26.3 Å². The highest BCUT2D eigenvalue weighted by Gasteiger charge is 2.12. The van der Waals surface area contributed by atoms with Crippen molar-refractivity contribution < 1.29 is 14.3 Å². The lowest BCUT2D eigenvalue weighted by Crippen LogP contribution is -2.04. The maximum atomic E-state index is 11.1. The van der Waals surface area contributed by atoms with E-state index >= 15 is 0 Å². The van der Waals surface area contributed by atoms with Crippen LogP contribution in [0.25, 0.3) is 22.4 Å². The minimum atomic E-state index is -1.02. The highest BCUT2D eigenvalue weighted by Crippen LogP contribution is 2.23. The minimum absolute atomic E-state index is 0.141. The number of hydrogen-bond donors (Lipinski definition) is 1. The molecule has 6 heteroatoms. The van der Waals surface area contributed by atoms with Crippen LogP contribution in [0.4, 0.5) is 0 Å². The molecule has 0 bridgehead atoms. The highest BCUT2D eigenvalue weighted by molar-refractivity contribution is 5.90. The normalized spacial score (nSPS) is 10.8. The van der Waals surface area contributed by atoms with Gasteiger partial charge in [0.1, 0.15) is 5.52 Å². The van der Waals surface area contributed by atoms with Crippen LogP contribution in [0.1, 0.15) is 16.1 Å². The summed E-state index contributed by atoms with van der Waals surface area (Å²) in [7, 11) is 0. The fraction of sp³-hybridized carbons (Fsp3) is 0.0769. The van der Waals surface area contributed by atoms with Gasteiger partial charge in [0.25, 0.3) is 0 Å². The molecular formula is C13H9N3O3. The van der Waals surface area contributed by atoms with Crippen LogP contribution in [0.5, 0.6) is 0 Å². The molecule has 0 unspecified atom stereocenters. The molecule has 0 fully saturated rings. The number of nitrogens with zero attached hydrogens (tertiary/aromatic N) is 3. The Balaban J connectivity index is 2.15. The molecule has 0 saturated carbocycles. The van der Waals surface area contributed by atoms with Gasteiger partial charge in [-0.1, -0.05) is 6.07 Å². The molecule has 0 saturated heterocycles. The van der Waals surface area contributed by atoms with E-state index in [0.29, 0.717) is 17.0 Å². The molecule has 0 radical (unpaired) electrons. The first kappa shape index (κ1) is 11.3. The summed E-state index contributed by atoms with van der Waals surface area (Å²) >= 11 is 0. The topological polar surface area (TPSA) is 89.1 Å². The third-order valence-corrected chi connectivity index (χ3v) is 2.84. The number of rotatable bonds is 2. The Kier molecular flexibility index (Phi) is 2.49. The number of carbonyl (C=O) groups is 1. The lowest BCUT2D eigenvalue weighted by molar-refractivity contribution is 0.0695. The van der Waals surface area contributed by atoms with E-state index in [2.05, 4.69) is 15.2 Å². The second-order valence-corrected chi connectivity index (χ2v) is 4.07. The largest absolute Gasteiger partial charge is 0.478 e. The van der Waals surface area contributed by atoms with Crippen LogP contribution in [0.15, 0.2) is 35.1 Å². The summed E-state index contributed by atoms with van der Waals surface area (Å²) in [6, 6.07) is 6.85. The summed E-state index contributed by atoms with van der Waals surface area (Å²) in [6.45, 7) is 1.61. The number of hydrogen-bond acceptors (Lipinski definition) is 5. The monoisotopic (exact) mass is 255 g/mol. The van der Waals surface area contributed by atoms with Gasteiger partial charge in [0.15, 0.2) is 12.0 Å². The Morgan fingerprint density at radius 3 is 2.89 bits per heavy atom. The Hall–Kier alpha value is -2.76. The molecule has 6 nitrogen and oxygen atoms in total. The standard InChI is InChI=1S/C13H9N3O3/c1-7-9(13(17)18)5-11(16-15-7)8-2-3-10-12(4-8)19-6-14-10/h2-6H,1H3,(H,17,18). The van der Waals surface area contributed by atoms with Gasteiger partial charge in [0.05, 0.1) is 17.0 Å². The number of carboxylic acid groups (broad SMARTS) is 1. The Morgan fingerprint density at radius 2 is 2.11 bits per heavy atom. The summed E-state index contributed by atoms with van der Waals surface area (Å²) < 4.78 is 5.21. The molecule has 0 amide bonds. The predicted molar refractivity (Wildman–Crippen MR) is 66.7 cm³/mol. The average molecular weight is 255 g/mol. The summed E-state index contributed by atoms with van der Waals surface area (Å²) in [4.78, 5) is 15.1. The van der Waals surface area contributed by atoms with Crippen LogP contribution in [-0.2, 0) is 0 Å². The van der Waals surface area contributed by atoms with E-state index in [9.17, 15) is 4.79 Å². The quantitative estimate of drug-likeness (QED) is 0.755. The molecule has 0 spiro atoms. The second kappa shape index (κ2) is 4.16. The molecule has 0 aliphatic heterocycles. The van der Waals surface area contributed by atoms with Crippen molar-refractivity contribution in [2.45, 2.75) is 6.92 Å². The zero-order valence-corrected chi connectivity index (χ0v) is 9.99. The maximum absolute atomic E-state index is 11.1. The predicted octanol–water partition coefficient (Wildman–Crippen LogP) is 2.29. The number of oxazole rings is 1. The zero-order valence-electron chi connectivity index (χ0n) is 9.99. The fourth-order valence-electron chi connectivity index (χ4n) is 1.82. The first-order valence-electron chi connectivity index (χ1n) is 5.56. The molecule has 1 N–H and O–H groups in total. The molecule has 2 aromatic heterocycles. The van der Waals surface area contributed by atoms with E-state index < -0.39 is 5.97 Å². The van der Waals surface area contributed by atoms with Gasteiger partial charge in [-0.05, 0) is 25.1 Å². The van der Waals surface area contributed by atoms with Crippen molar-refractivity contribution in [3.8, 4) is 11.3 Å². The smallest absolute Gasteiger partial charge is 0.337 e. The van der Waals surface area contributed by atoms with Crippen molar-refractivity contribution in [1.29, 1.82) is 0 Å². The van der Waals surface area contributed by atoms with Crippen LogP contribution >= 0.6 is 0 Å². The lowest BCUT2D eigenvalue weighted by atomic mass is 10.1. The van der Waals surface area contributed by atoms with Gasteiger partial charge in [-0.15, -0.1) is 0 Å². The Morgan fingerprint density at radius 1 is 1.26 bits per heavy atom. The van der Waals surface area contributed by atoms with Gasteiger partial charge in [0.2, 0.25) is 0 Å². The van der Waals surface area contributed by atoms with E-state index in [1.165, 1.54) is 12.5 Å². The van der Waals surface area contributed by atoms with Gasteiger partial charge in [0, 0.05) is 5.56 Å². The Labute approximate surface area is 107 Å². The molecule has 19 heavy (non-hydrogen) atoms. The van der Waals surface area contributed by atoms with Crippen molar-refractivity contribution in [3.63, 3.8) is 0 Å². The van der Waals surface area contributed by atoms with Crippen molar-refractivity contribution in [1.82, 2.24) is 15.2 Å². The van der Waals surface area contributed by atoms with E-state index in [0.717, 1.165) is 11.1 Å². The van der Waals surface area contributed by atoms with Crippen LogP contribution in [0.2, 0.25) is 0 Å². The van der Waals surface area contributed by atoms with Gasteiger partial charge < -0.3 is 9.52 Å². The van der Waals surface area contributed by atoms with Gasteiger partial charge in [-0.25, -0.2) is 9.78 Å². The summed E-state index contributed by atoms with van der Waals surface area (Å²) in [6.07, 6.45) is 1.36. The summed E-state index contributed by atoms with van der Waals surface area (Å²) in [5, 5.41) is 17.0. The number of fused-ring (bicyclic) bond motifs is 1. The van der Waals surface area contributed by atoms with Crippen molar-refractivity contribution in [2.75, 3.05) is 0 Å². The van der Waals surface area contributed by atoms with E-state index in [4.69, 9.17) is 9.52 Å². The number of carboxylic acids is 1. The Bertz CT molecular complexity index is 780. The molecule has 0 aliphatic rings. The van der Waals surface area contributed by atoms with Crippen LogP contribution < -0.4 is 0 Å². The summed E-state index contributed by atoms with van der Waals surface area (Å²) in [5.41, 5.74) is 3.11. The molecule has 0 atom stereocenters. The van der Waals surface area contributed by atoms with Gasteiger partial charge in [-0.2, -0.15) is 10.2 Å². The average Bonchev–Trinajstić information content (AvgIpc) is 2.86. The molecule has 94 valence electrons. The van der Waals surface area contributed by atoms with E-state index in [-0.39, 0.29) is 5.56 Å². The van der Waals surface area contributed by atoms with Crippen LogP contribution in [0.3, 0.4) is 0 Å². The maximum Gasteiger partial charge on any atom is 0.337 e. The number of aromatic carboxylic acids is 1. The number of aryl methyl sites for hydroxylation is 1. The zero-order chi connectivity index (χ0) is 13.4. The number of aromatic nitrogens is 3. The highest BCUT2D eigenvalue weighted by atomic mass is 16.4. The summed E-state index contributed by atoms with van der Waals surface area (Å²) in [5.74, 6) is -1.02. The van der Waals surface area contributed by atoms with Crippen molar-refractivity contribution >= 4 is 17.1 Å². The van der Waals surface area contributed by atoms with Gasteiger partial charge in [-0.3, -0.25) is 0 Å². The number of benzene rings is 1. The molecular weight excluding hydrogens is 246 g/mol. The molecule has 3 aromatic rings. The van der Waals surface area contributed by atoms with E-state index in [1.807, 2.05) is 0 Å². The second-order valence-electron chi connectivity index (χ2n) is 4.07. The SMILES string of the molecule is Cc1nnc(-c2ccc3ncoc3c2)cc1C(=O)O. The van der Waals surface area contributed by atoms with Gasteiger partial charge >= 0.3 is 5.97 Å². The van der Waals surface area contributed by atoms with Crippen LogP contribution in [0, 0.1) is 6.92 Å². The molecule has 1 aromatic carbocycles. The van der Waals surface area contributed by atoms with Crippen molar-refractivity contribution in [2.24, 2.45) is 0 Å². The fourth-order valence-corrected chi connectivity index (χ4v) is 1.82. The third-order valence-electron chi connectivity index (χ3n) is 2.84. The molecule has 2 heterocycles. The lowest BCUT2D eigenvalue weighted by Gasteiger charge is -2.03. The van der Waals surface area contributed by atoms with E-state index in [1.54, 1.807) is 25.1 Å². The first-order valence-corrected chi connectivity index (χ1v) is 5.56. The minimum Gasteiger partial charge on any atom is -0.478 e.